The Balaban J connectivity index is 2.79. The zero-order valence-corrected chi connectivity index (χ0v) is 9.80. The quantitative estimate of drug-likeness (QED) is 0.860. The van der Waals surface area contributed by atoms with Gasteiger partial charge in [0.25, 0.3) is 5.91 Å². The topological polar surface area (TPSA) is 38.3 Å². The first-order valence-corrected chi connectivity index (χ1v) is 5.34. The Kier molecular flexibility index (Phi) is 5.03. The zero-order chi connectivity index (χ0) is 12.8. The summed E-state index contributed by atoms with van der Waals surface area (Å²) in [4.78, 5) is 11.7. The molecular weight excluding hydrogens is 228 g/mol. The SMILES string of the molecule is CCC(COC)NC(=O)c1cccc(F)c1F. The first kappa shape index (κ1) is 13.6. The monoisotopic (exact) mass is 243 g/mol. The van der Waals surface area contributed by atoms with E-state index >= 15 is 0 Å². The molecule has 1 aromatic rings. The summed E-state index contributed by atoms with van der Waals surface area (Å²) >= 11 is 0. The van der Waals surface area contributed by atoms with Crippen LogP contribution in [0.4, 0.5) is 8.78 Å². The van der Waals surface area contributed by atoms with Crippen LogP contribution in [0.3, 0.4) is 0 Å². The van der Waals surface area contributed by atoms with Crippen molar-refractivity contribution in [3.05, 3.63) is 35.4 Å². The van der Waals surface area contributed by atoms with Crippen molar-refractivity contribution in [3.8, 4) is 0 Å². The fraction of sp³-hybridized carbons (Fsp3) is 0.417. The molecule has 1 aromatic carbocycles. The van der Waals surface area contributed by atoms with E-state index in [4.69, 9.17) is 4.74 Å². The van der Waals surface area contributed by atoms with Crippen molar-refractivity contribution in [1.29, 1.82) is 0 Å². The standard InChI is InChI=1S/C12H15F2NO2/c1-3-8(7-17-2)15-12(16)9-5-4-6-10(13)11(9)14/h4-6,8H,3,7H2,1-2H3,(H,15,16). The minimum Gasteiger partial charge on any atom is -0.383 e. The highest BCUT2D eigenvalue weighted by Gasteiger charge is 2.17. The van der Waals surface area contributed by atoms with Crippen LogP contribution < -0.4 is 5.32 Å². The largest absolute Gasteiger partial charge is 0.383 e. The molecular formula is C12H15F2NO2. The van der Waals surface area contributed by atoms with Crippen LogP contribution in [0.15, 0.2) is 18.2 Å². The van der Waals surface area contributed by atoms with Crippen LogP contribution in [0.2, 0.25) is 0 Å². The summed E-state index contributed by atoms with van der Waals surface area (Å²) in [6.45, 7) is 2.20. The Morgan fingerprint density at radius 2 is 2.18 bits per heavy atom. The second-order valence-corrected chi connectivity index (χ2v) is 3.64. The first-order chi connectivity index (χ1) is 8.10. The number of carbonyl (C=O) groups is 1. The van der Waals surface area contributed by atoms with Crippen molar-refractivity contribution in [3.63, 3.8) is 0 Å². The van der Waals surface area contributed by atoms with Gasteiger partial charge in [0.2, 0.25) is 0 Å². The van der Waals surface area contributed by atoms with Crippen molar-refractivity contribution < 1.29 is 18.3 Å². The highest BCUT2D eigenvalue weighted by atomic mass is 19.2. The highest BCUT2D eigenvalue weighted by Crippen LogP contribution is 2.11. The number of carbonyl (C=O) groups excluding carboxylic acids is 1. The summed E-state index contributed by atoms with van der Waals surface area (Å²) in [6.07, 6.45) is 0.649. The number of ether oxygens (including phenoxy) is 1. The van der Waals surface area contributed by atoms with Crippen molar-refractivity contribution in [2.24, 2.45) is 0 Å². The minimum absolute atomic E-state index is 0.213. The van der Waals surface area contributed by atoms with Gasteiger partial charge in [-0.25, -0.2) is 8.78 Å². The number of nitrogens with one attached hydrogen (secondary N) is 1. The van der Waals surface area contributed by atoms with E-state index in [1.165, 1.54) is 19.2 Å². The lowest BCUT2D eigenvalue weighted by Gasteiger charge is -2.16. The van der Waals surface area contributed by atoms with E-state index in [1.807, 2.05) is 6.92 Å². The molecule has 1 amide bonds. The molecule has 0 bridgehead atoms. The first-order valence-electron chi connectivity index (χ1n) is 5.34. The molecule has 0 saturated heterocycles. The molecule has 1 unspecified atom stereocenters. The zero-order valence-electron chi connectivity index (χ0n) is 9.80. The second-order valence-electron chi connectivity index (χ2n) is 3.64. The molecule has 3 nitrogen and oxygen atoms in total. The molecule has 0 saturated carbocycles. The maximum atomic E-state index is 13.3. The number of hydrogen-bond donors (Lipinski definition) is 1. The van der Waals surface area contributed by atoms with Crippen LogP contribution in [-0.4, -0.2) is 25.7 Å². The average molecular weight is 243 g/mol. The van der Waals surface area contributed by atoms with Crippen LogP contribution in [0.5, 0.6) is 0 Å². The predicted molar refractivity (Wildman–Crippen MR) is 59.8 cm³/mol. The van der Waals surface area contributed by atoms with Crippen molar-refractivity contribution in [2.45, 2.75) is 19.4 Å². The smallest absolute Gasteiger partial charge is 0.254 e. The fourth-order valence-electron chi connectivity index (χ4n) is 1.41. The molecule has 1 atom stereocenters. The van der Waals surface area contributed by atoms with Gasteiger partial charge < -0.3 is 10.1 Å². The maximum Gasteiger partial charge on any atom is 0.254 e. The average Bonchev–Trinajstić information content (AvgIpc) is 2.31. The maximum absolute atomic E-state index is 13.3. The van der Waals surface area contributed by atoms with E-state index in [0.29, 0.717) is 13.0 Å². The molecule has 0 fully saturated rings. The molecule has 0 radical (unpaired) electrons. The minimum atomic E-state index is -1.13. The van der Waals surface area contributed by atoms with E-state index in [9.17, 15) is 13.6 Å². The normalized spacial score (nSPS) is 12.2. The number of hydrogen-bond acceptors (Lipinski definition) is 2. The predicted octanol–water partition coefficient (Wildman–Crippen LogP) is 2.12. The Hall–Kier alpha value is -1.49. The molecule has 0 aliphatic rings. The van der Waals surface area contributed by atoms with Gasteiger partial charge >= 0.3 is 0 Å². The van der Waals surface area contributed by atoms with E-state index in [2.05, 4.69) is 5.32 Å². The number of halogens is 2. The molecule has 1 rings (SSSR count). The Morgan fingerprint density at radius 1 is 1.47 bits per heavy atom. The Labute approximate surface area is 98.8 Å². The van der Waals surface area contributed by atoms with Gasteiger partial charge in [0.05, 0.1) is 18.2 Å². The van der Waals surface area contributed by atoms with Gasteiger partial charge in [-0.15, -0.1) is 0 Å². The van der Waals surface area contributed by atoms with E-state index in [0.717, 1.165) is 6.07 Å². The number of methoxy groups -OCH3 is 1. The molecule has 94 valence electrons. The van der Waals surface area contributed by atoms with Gasteiger partial charge in [0.1, 0.15) is 0 Å². The molecule has 0 aliphatic carbocycles. The van der Waals surface area contributed by atoms with Crippen LogP contribution >= 0.6 is 0 Å². The van der Waals surface area contributed by atoms with Gasteiger partial charge in [-0.3, -0.25) is 4.79 Å². The summed E-state index contributed by atoms with van der Waals surface area (Å²) in [5.41, 5.74) is -0.292. The number of rotatable bonds is 5. The van der Waals surface area contributed by atoms with E-state index in [1.54, 1.807) is 0 Å². The van der Waals surface area contributed by atoms with E-state index < -0.39 is 17.5 Å². The van der Waals surface area contributed by atoms with Crippen LogP contribution in [0.1, 0.15) is 23.7 Å². The van der Waals surface area contributed by atoms with E-state index in [-0.39, 0.29) is 11.6 Å². The van der Waals surface area contributed by atoms with Crippen molar-refractivity contribution in [1.82, 2.24) is 5.32 Å². The van der Waals surface area contributed by atoms with Crippen molar-refractivity contribution in [2.75, 3.05) is 13.7 Å². The van der Waals surface area contributed by atoms with Gasteiger partial charge in [0.15, 0.2) is 11.6 Å². The lowest BCUT2D eigenvalue weighted by Crippen LogP contribution is -2.38. The van der Waals surface area contributed by atoms with Crippen molar-refractivity contribution >= 4 is 5.91 Å². The molecule has 5 heteroatoms. The molecule has 0 heterocycles. The molecule has 0 spiro atoms. The lowest BCUT2D eigenvalue weighted by molar-refractivity contribution is 0.0889. The number of amides is 1. The molecule has 1 N–H and O–H groups in total. The van der Waals surface area contributed by atoms with Gasteiger partial charge in [-0.1, -0.05) is 13.0 Å². The summed E-state index contributed by atoms with van der Waals surface area (Å²) in [6, 6.07) is 3.30. The van der Waals surface area contributed by atoms with Crippen LogP contribution in [0, 0.1) is 11.6 Å². The van der Waals surface area contributed by atoms with Crippen LogP contribution in [-0.2, 0) is 4.74 Å². The summed E-state index contributed by atoms with van der Waals surface area (Å²) in [7, 11) is 1.51. The fourth-order valence-corrected chi connectivity index (χ4v) is 1.41. The highest BCUT2D eigenvalue weighted by molar-refractivity contribution is 5.94. The second kappa shape index (κ2) is 6.30. The third kappa shape index (κ3) is 3.49. The Bertz CT molecular complexity index is 396. The molecule has 0 aliphatic heterocycles. The molecule has 0 aromatic heterocycles. The van der Waals surface area contributed by atoms with Crippen LogP contribution in [0.25, 0.3) is 0 Å². The van der Waals surface area contributed by atoms with Gasteiger partial charge in [0, 0.05) is 7.11 Å². The number of benzene rings is 1. The Morgan fingerprint density at radius 3 is 2.76 bits per heavy atom. The van der Waals surface area contributed by atoms with Gasteiger partial charge in [-0.05, 0) is 18.6 Å². The third-order valence-corrected chi connectivity index (χ3v) is 2.39. The summed E-state index contributed by atoms with van der Waals surface area (Å²) in [5.74, 6) is -2.79. The summed E-state index contributed by atoms with van der Waals surface area (Å²) in [5, 5.41) is 2.58. The molecule has 17 heavy (non-hydrogen) atoms. The summed E-state index contributed by atoms with van der Waals surface area (Å²) < 4.78 is 31.2. The third-order valence-electron chi connectivity index (χ3n) is 2.39. The van der Waals surface area contributed by atoms with Gasteiger partial charge in [-0.2, -0.15) is 0 Å². The lowest BCUT2D eigenvalue weighted by atomic mass is 10.1.